The van der Waals surface area contributed by atoms with Gasteiger partial charge in [0.25, 0.3) is 0 Å². The highest BCUT2D eigenvalue weighted by molar-refractivity contribution is 7.12. The van der Waals surface area contributed by atoms with Gasteiger partial charge in [-0.15, -0.1) is 11.3 Å². The van der Waals surface area contributed by atoms with E-state index in [2.05, 4.69) is 73.3 Å². The molecule has 1 aliphatic heterocycles. The number of thiophene rings is 1. The first-order valence-electron chi connectivity index (χ1n) is 11.8. The van der Waals surface area contributed by atoms with Gasteiger partial charge < -0.3 is 4.74 Å². The lowest BCUT2D eigenvalue weighted by Gasteiger charge is -2.27. The molecule has 0 radical (unpaired) electrons. The first kappa shape index (κ1) is 20.8. The second-order valence-electron chi connectivity index (χ2n) is 9.30. The van der Waals surface area contributed by atoms with Crippen molar-refractivity contribution in [3.05, 3.63) is 86.6 Å². The molecule has 5 rings (SSSR count). The second-order valence-corrected chi connectivity index (χ2v) is 10.6. The van der Waals surface area contributed by atoms with Crippen LogP contribution in [0.1, 0.15) is 64.1 Å². The number of hydrogen-bond donors (Lipinski definition) is 0. The maximum Gasteiger partial charge on any atom is 0.120 e. The zero-order valence-electron chi connectivity index (χ0n) is 18.8. The highest BCUT2D eigenvalue weighted by atomic mass is 32.1. The molecule has 2 nitrogen and oxygen atoms in total. The van der Waals surface area contributed by atoms with Crippen molar-refractivity contribution in [3.8, 4) is 5.75 Å². The minimum absolute atomic E-state index is 0.630. The van der Waals surface area contributed by atoms with E-state index in [9.17, 15) is 0 Å². The first-order chi connectivity index (χ1) is 15.2. The van der Waals surface area contributed by atoms with Gasteiger partial charge in [-0.05, 0) is 84.9 Å². The molecule has 0 saturated heterocycles. The van der Waals surface area contributed by atoms with Gasteiger partial charge in [0.2, 0.25) is 0 Å². The summed E-state index contributed by atoms with van der Waals surface area (Å²) in [5.74, 6) is 2.59. The predicted molar refractivity (Wildman–Crippen MR) is 130 cm³/mol. The van der Waals surface area contributed by atoms with Crippen molar-refractivity contribution in [1.82, 2.24) is 4.90 Å². The summed E-state index contributed by atoms with van der Waals surface area (Å²) in [5.41, 5.74) is 5.61. The van der Waals surface area contributed by atoms with Crippen LogP contribution in [0.4, 0.5) is 0 Å². The van der Waals surface area contributed by atoms with Crippen LogP contribution in [0.25, 0.3) is 0 Å². The Morgan fingerprint density at radius 1 is 1.06 bits per heavy atom. The molecule has 1 aromatic heterocycles. The lowest BCUT2D eigenvalue weighted by Crippen LogP contribution is -2.29. The second kappa shape index (κ2) is 9.18. The molecule has 162 valence electrons. The van der Waals surface area contributed by atoms with Gasteiger partial charge in [-0.2, -0.15) is 0 Å². The van der Waals surface area contributed by atoms with Gasteiger partial charge in [0.1, 0.15) is 12.4 Å². The summed E-state index contributed by atoms with van der Waals surface area (Å²) in [7, 11) is 0. The predicted octanol–water partition coefficient (Wildman–Crippen LogP) is 7.10. The minimum Gasteiger partial charge on any atom is -0.489 e. The van der Waals surface area contributed by atoms with Crippen molar-refractivity contribution in [2.45, 2.75) is 65.1 Å². The van der Waals surface area contributed by atoms with Gasteiger partial charge in [0, 0.05) is 29.4 Å². The Morgan fingerprint density at radius 2 is 1.90 bits per heavy atom. The van der Waals surface area contributed by atoms with Crippen LogP contribution in [0.5, 0.6) is 5.75 Å². The fraction of sp³-hybridized carbons (Fsp3) is 0.429. The fourth-order valence-corrected chi connectivity index (χ4v) is 6.13. The quantitative estimate of drug-likeness (QED) is 0.377. The van der Waals surface area contributed by atoms with Crippen LogP contribution in [-0.2, 0) is 26.1 Å². The van der Waals surface area contributed by atoms with Gasteiger partial charge in [0.15, 0.2) is 0 Å². The van der Waals surface area contributed by atoms with Gasteiger partial charge in [-0.3, -0.25) is 4.90 Å². The van der Waals surface area contributed by atoms with Crippen molar-refractivity contribution in [2.75, 3.05) is 6.54 Å². The van der Waals surface area contributed by atoms with E-state index in [0.717, 1.165) is 31.3 Å². The molecule has 0 N–H and O–H groups in total. The molecule has 0 amide bonds. The van der Waals surface area contributed by atoms with Crippen LogP contribution in [-0.4, -0.2) is 11.4 Å². The molecule has 2 heterocycles. The Balaban J connectivity index is 1.20. The van der Waals surface area contributed by atoms with Gasteiger partial charge >= 0.3 is 0 Å². The molecular weight excluding hydrogens is 398 g/mol. The van der Waals surface area contributed by atoms with Crippen molar-refractivity contribution in [2.24, 2.45) is 5.92 Å². The summed E-state index contributed by atoms with van der Waals surface area (Å²) in [5, 5.41) is 0. The first-order valence-corrected chi connectivity index (χ1v) is 12.6. The lowest BCUT2D eigenvalue weighted by molar-refractivity contribution is 0.247. The van der Waals surface area contributed by atoms with E-state index in [1.807, 2.05) is 11.3 Å². The molecular formula is C28H33NOS. The van der Waals surface area contributed by atoms with Crippen molar-refractivity contribution >= 4 is 11.3 Å². The Hall–Kier alpha value is -2.10. The molecule has 1 unspecified atom stereocenters. The van der Waals surface area contributed by atoms with E-state index in [0.29, 0.717) is 12.5 Å². The Bertz CT molecular complexity index is 1030. The van der Waals surface area contributed by atoms with Crippen molar-refractivity contribution < 1.29 is 4.74 Å². The van der Waals surface area contributed by atoms with E-state index >= 15 is 0 Å². The lowest BCUT2D eigenvalue weighted by atomic mass is 9.92. The Kier molecular flexibility index (Phi) is 6.15. The molecule has 1 atom stereocenters. The maximum absolute atomic E-state index is 6.21. The number of nitrogens with zero attached hydrogens (tertiary/aromatic N) is 1. The smallest absolute Gasteiger partial charge is 0.120 e. The SMILES string of the molecule is CCC(c1cccc(OCc2cccc(CN3CCc4sc(C)cc4C3)c2)c1)C1CC1. The molecule has 1 saturated carbocycles. The van der Waals surface area contributed by atoms with Gasteiger partial charge in [-0.25, -0.2) is 0 Å². The number of benzene rings is 2. The van der Waals surface area contributed by atoms with E-state index in [1.165, 1.54) is 52.8 Å². The van der Waals surface area contributed by atoms with Crippen LogP contribution in [0, 0.1) is 12.8 Å². The average Bonchev–Trinajstić information content (AvgIpc) is 3.54. The fourth-order valence-electron chi connectivity index (χ4n) is 5.09. The molecule has 2 aromatic carbocycles. The highest BCUT2D eigenvalue weighted by Crippen LogP contribution is 2.44. The van der Waals surface area contributed by atoms with Crippen LogP contribution in [0.15, 0.2) is 54.6 Å². The van der Waals surface area contributed by atoms with Crippen molar-refractivity contribution in [1.29, 1.82) is 0 Å². The third-order valence-corrected chi connectivity index (χ3v) is 7.94. The van der Waals surface area contributed by atoms with Crippen LogP contribution in [0.3, 0.4) is 0 Å². The Labute approximate surface area is 190 Å². The molecule has 3 heteroatoms. The normalized spacial score (nSPS) is 17.4. The van der Waals surface area contributed by atoms with E-state index in [4.69, 9.17) is 4.74 Å². The van der Waals surface area contributed by atoms with Crippen LogP contribution < -0.4 is 4.74 Å². The molecule has 0 bridgehead atoms. The topological polar surface area (TPSA) is 12.5 Å². The zero-order chi connectivity index (χ0) is 21.2. The van der Waals surface area contributed by atoms with E-state index < -0.39 is 0 Å². The minimum atomic E-state index is 0.630. The van der Waals surface area contributed by atoms with Crippen molar-refractivity contribution in [3.63, 3.8) is 0 Å². The molecule has 1 aliphatic carbocycles. The monoisotopic (exact) mass is 431 g/mol. The molecule has 3 aromatic rings. The van der Waals surface area contributed by atoms with E-state index in [-0.39, 0.29) is 0 Å². The largest absolute Gasteiger partial charge is 0.489 e. The highest BCUT2D eigenvalue weighted by Gasteiger charge is 2.31. The number of ether oxygens (including phenoxy) is 1. The molecule has 1 fully saturated rings. The van der Waals surface area contributed by atoms with E-state index in [1.54, 1.807) is 4.88 Å². The number of aryl methyl sites for hydroxylation is 1. The maximum atomic E-state index is 6.21. The van der Waals surface area contributed by atoms with Gasteiger partial charge in [0.05, 0.1) is 0 Å². The summed E-state index contributed by atoms with van der Waals surface area (Å²) in [6.45, 7) is 8.40. The molecule has 31 heavy (non-hydrogen) atoms. The summed E-state index contributed by atoms with van der Waals surface area (Å²) < 4.78 is 6.21. The third kappa shape index (κ3) is 5.05. The number of fused-ring (bicyclic) bond motifs is 1. The number of rotatable bonds is 8. The summed E-state index contributed by atoms with van der Waals surface area (Å²) >= 11 is 1.97. The molecule has 0 spiro atoms. The van der Waals surface area contributed by atoms with Crippen LogP contribution in [0.2, 0.25) is 0 Å². The average molecular weight is 432 g/mol. The molecule has 2 aliphatic rings. The van der Waals surface area contributed by atoms with Gasteiger partial charge in [-0.1, -0.05) is 43.3 Å². The summed E-state index contributed by atoms with van der Waals surface area (Å²) in [6.07, 6.45) is 5.19. The third-order valence-electron chi connectivity index (χ3n) is 6.79. The summed E-state index contributed by atoms with van der Waals surface area (Å²) in [4.78, 5) is 5.60. The standard InChI is InChI=1S/C28H33NOS/c1-3-27(23-10-11-23)24-8-5-9-26(16-24)30-19-22-7-4-6-21(15-22)17-29-13-12-28-25(18-29)14-20(2)31-28/h4-9,14-16,23,27H,3,10-13,17-19H2,1-2H3. The number of hydrogen-bond acceptors (Lipinski definition) is 3. The zero-order valence-corrected chi connectivity index (χ0v) is 19.6. The van der Waals surface area contributed by atoms with Crippen LogP contribution >= 0.6 is 11.3 Å². The summed E-state index contributed by atoms with van der Waals surface area (Å²) in [6, 6.07) is 20.1. The Morgan fingerprint density at radius 3 is 2.74 bits per heavy atom.